The molecule has 2 rings (SSSR count). The van der Waals surface area contributed by atoms with Crippen LogP contribution in [0.2, 0.25) is 0 Å². The van der Waals surface area contributed by atoms with Crippen LogP contribution < -0.4 is 8.92 Å². The fraction of sp³-hybridized carbons (Fsp3) is 0.200. The Balaban J connectivity index is 2.51. The maximum absolute atomic E-state index is 14.1. The lowest BCUT2D eigenvalue weighted by atomic mass is 10.0. The Hall–Kier alpha value is -2.50. The summed E-state index contributed by atoms with van der Waals surface area (Å²) in [6.07, 6.45) is 0. The van der Waals surface area contributed by atoms with Gasteiger partial charge in [0.1, 0.15) is 0 Å². The van der Waals surface area contributed by atoms with Crippen LogP contribution in [0.1, 0.15) is 6.92 Å². The molecule has 27 heavy (non-hydrogen) atoms. The van der Waals surface area contributed by atoms with Crippen LogP contribution >= 0.6 is 0 Å². The Morgan fingerprint density at radius 1 is 0.815 bits per heavy atom. The first-order valence-corrected chi connectivity index (χ1v) is 8.41. The zero-order valence-corrected chi connectivity index (χ0v) is 14.0. The predicted molar refractivity (Wildman–Crippen MR) is 78.5 cm³/mol. The lowest BCUT2D eigenvalue weighted by molar-refractivity contribution is -0.0501. The molecule has 0 amide bonds. The first-order valence-electron chi connectivity index (χ1n) is 7.00. The molecular weight excluding hydrogens is 409 g/mol. The van der Waals surface area contributed by atoms with Crippen LogP contribution in [0.5, 0.6) is 11.5 Å². The highest BCUT2D eigenvalue weighted by atomic mass is 32.2. The van der Waals surface area contributed by atoms with Crippen LogP contribution in [0.25, 0.3) is 11.1 Å². The molecule has 2 aromatic carbocycles. The second kappa shape index (κ2) is 7.25. The molecule has 12 heteroatoms. The van der Waals surface area contributed by atoms with Crippen LogP contribution in [0.3, 0.4) is 0 Å². The molecule has 0 fully saturated rings. The van der Waals surface area contributed by atoms with Crippen LogP contribution in [0.4, 0.5) is 30.7 Å². The highest BCUT2D eigenvalue weighted by molar-refractivity contribution is 7.88. The van der Waals surface area contributed by atoms with Gasteiger partial charge in [0.15, 0.2) is 23.1 Å². The topological polar surface area (TPSA) is 52.6 Å². The van der Waals surface area contributed by atoms with Crippen LogP contribution in [-0.4, -0.2) is 20.5 Å². The second-order valence-electron chi connectivity index (χ2n) is 4.89. The number of rotatable bonds is 5. The van der Waals surface area contributed by atoms with Gasteiger partial charge >= 0.3 is 15.6 Å². The first-order chi connectivity index (χ1) is 12.4. The van der Waals surface area contributed by atoms with E-state index in [1.54, 1.807) is 0 Å². The number of hydrogen-bond acceptors (Lipinski definition) is 4. The number of ether oxygens (including phenoxy) is 1. The third kappa shape index (κ3) is 3.94. The average Bonchev–Trinajstić information content (AvgIpc) is 2.56. The van der Waals surface area contributed by atoms with Gasteiger partial charge in [0, 0.05) is 11.1 Å². The molecule has 0 saturated heterocycles. The summed E-state index contributed by atoms with van der Waals surface area (Å²) in [6.45, 7) is 1.49. The van der Waals surface area contributed by atoms with Gasteiger partial charge in [-0.15, -0.1) is 0 Å². The third-order valence-electron chi connectivity index (χ3n) is 3.17. The zero-order valence-electron chi connectivity index (χ0n) is 13.2. The van der Waals surface area contributed by atoms with Crippen molar-refractivity contribution in [3.8, 4) is 22.6 Å². The van der Waals surface area contributed by atoms with E-state index in [4.69, 9.17) is 4.74 Å². The van der Waals surface area contributed by atoms with E-state index in [0.29, 0.717) is 12.1 Å². The summed E-state index contributed by atoms with van der Waals surface area (Å²) in [7, 11) is -6.25. The van der Waals surface area contributed by atoms with Crippen molar-refractivity contribution < 1.29 is 48.1 Å². The van der Waals surface area contributed by atoms with Crippen molar-refractivity contribution in [3.05, 3.63) is 47.5 Å². The lowest BCUT2D eigenvalue weighted by Gasteiger charge is -2.13. The molecule has 0 radical (unpaired) electrons. The van der Waals surface area contributed by atoms with Crippen LogP contribution in [-0.2, 0) is 10.1 Å². The Labute approximate surface area is 148 Å². The summed E-state index contributed by atoms with van der Waals surface area (Å²) in [6, 6.07) is 2.67. The van der Waals surface area contributed by atoms with E-state index in [-0.39, 0.29) is 6.61 Å². The Kier molecular flexibility index (Phi) is 5.59. The van der Waals surface area contributed by atoms with E-state index in [2.05, 4.69) is 4.18 Å². The van der Waals surface area contributed by atoms with E-state index < -0.39 is 61.5 Å². The highest BCUT2D eigenvalue weighted by Gasteiger charge is 2.49. The van der Waals surface area contributed by atoms with Gasteiger partial charge in [-0.1, -0.05) is 0 Å². The predicted octanol–water partition coefficient (Wildman–Crippen LogP) is 4.54. The molecule has 0 atom stereocenters. The van der Waals surface area contributed by atoms with Gasteiger partial charge in [-0.3, -0.25) is 0 Å². The van der Waals surface area contributed by atoms with Crippen LogP contribution in [0, 0.1) is 23.3 Å². The molecule has 0 aliphatic heterocycles. The normalized spacial score (nSPS) is 12.1. The van der Waals surface area contributed by atoms with E-state index in [1.165, 1.54) is 6.92 Å². The SMILES string of the molecule is CCOc1ccc(-c2ccc(OS(=O)(=O)C(F)(F)F)c(F)c2F)c(F)c1F. The smallest absolute Gasteiger partial charge is 0.491 e. The van der Waals surface area contributed by atoms with Gasteiger partial charge in [-0.05, 0) is 31.2 Å². The minimum atomic E-state index is -6.25. The second-order valence-corrected chi connectivity index (χ2v) is 6.43. The van der Waals surface area contributed by atoms with Gasteiger partial charge in [0.25, 0.3) is 0 Å². The molecule has 0 aliphatic carbocycles. The summed E-state index contributed by atoms with van der Waals surface area (Å²) in [4.78, 5) is 0. The first kappa shape index (κ1) is 20.8. The van der Waals surface area contributed by atoms with Crippen molar-refractivity contribution in [1.29, 1.82) is 0 Å². The average molecular weight is 418 g/mol. The molecule has 0 heterocycles. The Morgan fingerprint density at radius 2 is 1.26 bits per heavy atom. The summed E-state index contributed by atoms with van der Waals surface area (Å²) < 4.78 is 123. The maximum atomic E-state index is 14.1. The quantitative estimate of drug-likeness (QED) is 0.407. The molecule has 0 unspecified atom stereocenters. The fourth-order valence-corrected chi connectivity index (χ4v) is 2.44. The fourth-order valence-electron chi connectivity index (χ4n) is 1.98. The van der Waals surface area contributed by atoms with Gasteiger partial charge in [0.05, 0.1) is 6.61 Å². The summed E-state index contributed by atoms with van der Waals surface area (Å²) in [5.74, 6) is -9.25. The van der Waals surface area contributed by atoms with Crippen molar-refractivity contribution in [2.45, 2.75) is 12.4 Å². The van der Waals surface area contributed by atoms with Gasteiger partial charge in [-0.2, -0.15) is 30.4 Å². The van der Waals surface area contributed by atoms with Gasteiger partial charge in [-0.25, -0.2) is 8.78 Å². The highest BCUT2D eigenvalue weighted by Crippen LogP contribution is 2.36. The molecule has 2 aromatic rings. The molecular formula is C15H9F7O4S. The number of hydrogen-bond donors (Lipinski definition) is 0. The van der Waals surface area contributed by atoms with Crippen molar-refractivity contribution in [2.75, 3.05) is 6.61 Å². The molecule has 4 nitrogen and oxygen atoms in total. The molecule has 0 aliphatic rings. The Morgan fingerprint density at radius 3 is 1.70 bits per heavy atom. The molecule has 0 saturated carbocycles. The lowest BCUT2D eigenvalue weighted by Crippen LogP contribution is -2.28. The van der Waals surface area contributed by atoms with Gasteiger partial charge in [0.2, 0.25) is 11.6 Å². The molecule has 0 aromatic heterocycles. The zero-order chi connectivity index (χ0) is 20.6. The number of benzene rings is 2. The van der Waals surface area contributed by atoms with Crippen LogP contribution in [0.15, 0.2) is 24.3 Å². The van der Waals surface area contributed by atoms with Crippen molar-refractivity contribution >= 4 is 10.1 Å². The molecule has 0 spiro atoms. The summed E-state index contributed by atoms with van der Waals surface area (Å²) >= 11 is 0. The number of alkyl halides is 3. The summed E-state index contributed by atoms with van der Waals surface area (Å²) in [5, 5.41) is 0. The summed E-state index contributed by atoms with van der Waals surface area (Å²) in [5.41, 5.74) is -7.51. The number of halogens is 7. The minimum Gasteiger partial charge on any atom is -0.491 e. The standard InChI is InChI=1S/C15H9F7O4S/c1-2-25-9-5-3-7(11(16)13(9)18)8-4-6-10(14(19)12(8)17)26-27(23,24)15(20,21)22/h3-6H,2H2,1H3. The molecule has 0 N–H and O–H groups in total. The van der Waals surface area contributed by atoms with E-state index in [1.807, 2.05) is 0 Å². The minimum absolute atomic E-state index is 0.00158. The monoisotopic (exact) mass is 418 g/mol. The molecule has 148 valence electrons. The van der Waals surface area contributed by atoms with Crippen molar-refractivity contribution in [1.82, 2.24) is 0 Å². The Bertz CT molecular complexity index is 971. The van der Waals surface area contributed by atoms with E-state index >= 15 is 0 Å². The van der Waals surface area contributed by atoms with E-state index in [0.717, 1.165) is 12.1 Å². The van der Waals surface area contributed by atoms with Crippen molar-refractivity contribution in [3.63, 3.8) is 0 Å². The molecule has 0 bridgehead atoms. The van der Waals surface area contributed by atoms with Gasteiger partial charge < -0.3 is 8.92 Å². The van der Waals surface area contributed by atoms with Crippen molar-refractivity contribution in [2.24, 2.45) is 0 Å². The third-order valence-corrected chi connectivity index (χ3v) is 4.13. The maximum Gasteiger partial charge on any atom is 0.534 e. The largest absolute Gasteiger partial charge is 0.534 e. The van der Waals surface area contributed by atoms with E-state index in [9.17, 15) is 39.2 Å².